The molecule has 0 bridgehead atoms. The Bertz CT molecular complexity index is 636. The normalized spacial score (nSPS) is 13.8. The molecule has 7 heteroatoms. The molecule has 1 aromatic carbocycles. The lowest BCUT2D eigenvalue weighted by molar-refractivity contribution is -0.121. The van der Waals surface area contributed by atoms with Crippen molar-refractivity contribution in [1.82, 2.24) is 5.32 Å². The number of halogens is 2. The molecule has 21 heavy (non-hydrogen) atoms. The average Bonchev–Trinajstić information content (AvgIpc) is 2.29. The molecular formula is C14H19Cl2NO3S. The standard InChI is InChI=1S/C14H19Cl2NO3S/c1-9(13(18)17-14(2,3)4)21(19,20)8-10-5-6-11(15)7-12(10)16/h5-7,9H,8H2,1-4H3,(H,17,18). The summed E-state index contributed by atoms with van der Waals surface area (Å²) in [6, 6.07) is 4.60. The van der Waals surface area contributed by atoms with Gasteiger partial charge in [0.05, 0.1) is 5.75 Å². The monoisotopic (exact) mass is 351 g/mol. The van der Waals surface area contributed by atoms with E-state index in [0.29, 0.717) is 10.6 Å². The second-order valence-electron chi connectivity index (χ2n) is 5.92. The minimum Gasteiger partial charge on any atom is -0.350 e. The van der Waals surface area contributed by atoms with Crippen LogP contribution < -0.4 is 5.32 Å². The van der Waals surface area contributed by atoms with Gasteiger partial charge in [-0.15, -0.1) is 0 Å². The molecule has 1 amide bonds. The average molecular weight is 352 g/mol. The molecule has 0 radical (unpaired) electrons. The van der Waals surface area contributed by atoms with Crippen LogP contribution in [0.15, 0.2) is 18.2 Å². The van der Waals surface area contributed by atoms with Crippen LogP contribution in [0.2, 0.25) is 10.0 Å². The van der Waals surface area contributed by atoms with E-state index in [9.17, 15) is 13.2 Å². The fourth-order valence-electron chi connectivity index (χ4n) is 1.61. The number of carbonyl (C=O) groups excluding carboxylic acids is 1. The highest BCUT2D eigenvalue weighted by Gasteiger charge is 2.30. The Labute approximate surface area is 135 Å². The molecule has 0 saturated carbocycles. The SMILES string of the molecule is CC(C(=O)NC(C)(C)C)S(=O)(=O)Cc1ccc(Cl)cc1Cl. The zero-order chi connectivity index (χ0) is 16.4. The summed E-state index contributed by atoms with van der Waals surface area (Å²) in [5, 5.41) is 2.22. The number of sulfone groups is 1. The minimum atomic E-state index is -3.66. The van der Waals surface area contributed by atoms with Gasteiger partial charge in [-0.05, 0) is 45.4 Å². The lowest BCUT2D eigenvalue weighted by atomic mass is 10.1. The molecule has 0 saturated heterocycles. The van der Waals surface area contributed by atoms with E-state index in [4.69, 9.17) is 23.2 Å². The zero-order valence-electron chi connectivity index (χ0n) is 12.4. The summed E-state index contributed by atoms with van der Waals surface area (Å²) in [5.41, 5.74) is -0.0600. The Kier molecular flexibility index (Phi) is 5.69. The maximum atomic E-state index is 12.3. The Hall–Kier alpha value is -0.780. The number of carbonyl (C=O) groups is 1. The van der Waals surface area contributed by atoms with Gasteiger partial charge in [0.25, 0.3) is 0 Å². The van der Waals surface area contributed by atoms with Crippen LogP contribution in [0, 0.1) is 0 Å². The van der Waals surface area contributed by atoms with Gasteiger partial charge in [-0.2, -0.15) is 0 Å². The van der Waals surface area contributed by atoms with E-state index in [-0.39, 0.29) is 10.8 Å². The summed E-state index contributed by atoms with van der Waals surface area (Å²) in [7, 11) is -3.66. The van der Waals surface area contributed by atoms with E-state index in [1.165, 1.54) is 13.0 Å². The van der Waals surface area contributed by atoms with Crippen LogP contribution in [-0.2, 0) is 20.4 Å². The van der Waals surface area contributed by atoms with Crippen LogP contribution in [0.25, 0.3) is 0 Å². The molecule has 1 N–H and O–H groups in total. The van der Waals surface area contributed by atoms with E-state index in [1.807, 2.05) is 0 Å². The van der Waals surface area contributed by atoms with Crippen LogP contribution in [0.3, 0.4) is 0 Å². The third-order valence-electron chi connectivity index (χ3n) is 2.78. The second-order valence-corrected chi connectivity index (χ2v) is 9.09. The first-order valence-electron chi connectivity index (χ1n) is 6.40. The number of nitrogens with one attached hydrogen (secondary N) is 1. The van der Waals surface area contributed by atoms with Crippen molar-refractivity contribution in [2.75, 3.05) is 0 Å². The van der Waals surface area contributed by atoms with Gasteiger partial charge in [0.2, 0.25) is 5.91 Å². The number of rotatable bonds is 4. The molecule has 0 aromatic heterocycles. The smallest absolute Gasteiger partial charge is 0.238 e. The van der Waals surface area contributed by atoms with Crippen molar-refractivity contribution >= 4 is 38.9 Å². The molecule has 0 aliphatic carbocycles. The third kappa shape index (κ3) is 5.49. The third-order valence-corrected chi connectivity index (χ3v) is 5.37. The number of hydrogen-bond donors (Lipinski definition) is 1. The topological polar surface area (TPSA) is 63.2 Å². The summed E-state index contributed by atoms with van der Waals surface area (Å²) < 4.78 is 24.6. The van der Waals surface area contributed by atoms with Crippen molar-refractivity contribution in [1.29, 1.82) is 0 Å². The summed E-state index contributed by atoms with van der Waals surface area (Å²) in [4.78, 5) is 12.0. The van der Waals surface area contributed by atoms with E-state index >= 15 is 0 Å². The summed E-state index contributed by atoms with van der Waals surface area (Å²) in [6.45, 7) is 6.75. The van der Waals surface area contributed by atoms with E-state index in [0.717, 1.165) is 0 Å². The number of benzene rings is 1. The van der Waals surface area contributed by atoms with Crippen molar-refractivity contribution in [3.63, 3.8) is 0 Å². The molecule has 4 nitrogen and oxygen atoms in total. The molecule has 0 spiro atoms. The predicted molar refractivity (Wildman–Crippen MR) is 86.4 cm³/mol. The van der Waals surface area contributed by atoms with Crippen molar-refractivity contribution in [3.05, 3.63) is 33.8 Å². The Morgan fingerprint density at radius 3 is 2.33 bits per heavy atom. The minimum absolute atomic E-state index is 0.273. The van der Waals surface area contributed by atoms with Gasteiger partial charge < -0.3 is 5.32 Å². The van der Waals surface area contributed by atoms with Gasteiger partial charge in [-0.3, -0.25) is 4.79 Å². The van der Waals surface area contributed by atoms with Gasteiger partial charge in [-0.1, -0.05) is 29.3 Å². The lowest BCUT2D eigenvalue weighted by Crippen LogP contribution is -2.47. The van der Waals surface area contributed by atoms with E-state index < -0.39 is 26.5 Å². The second kappa shape index (κ2) is 6.55. The summed E-state index contributed by atoms with van der Waals surface area (Å²) in [5.74, 6) is -0.825. The largest absolute Gasteiger partial charge is 0.350 e. The predicted octanol–water partition coefficient (Wildman–Crippen LogP) is 3.21. The molecule has 0 heterocycles. The lowest BCUT2D eigenvalue weighted by Gasteiger charge is -2.23. The van der Waals surface area contributed by atoms with Crippen molar-refractivity contribution < 1.29 is 13.2 Å². The molecule has 1 aromatic rings. The van der Waals surface area contributed by atoms with Crippen molar-refractivity contribution in [2.45, 2.75) is 44.2 Å². The molecule has 0 aliphatic rings. The number of hydrogen-bond acceptors (Lipinski definition) is 3. The Morgan fingerprint density at radius 1 is 1.29 bits per heavy atom. The zero-order valence-corrected chi connectivity index (χ0v) is 14.7. The van der Waals surface area contributed by atoms with Gasteiger partial charge >= 0.3 is 0 Å². The highest BCUT2D eigenvalue weighted by Crippen LogP contribution is 2.24. The first kappa shape index (κ1) is 18.3. The van der Waals surface area contributed by atoms with Crippen LogP contribution in [-0.4, -0.2) is 25.1 Å². The van der Waals surface area contributed by atoms with Crippen molar-refractivity contribution in [2.24, 2.45) is 0 Å². The van der Waals surface area contributed by atoms with Crippen molar-refractivity contribution in [3.8, 4) is 0 Å². The molecule has 1 rings (SSSR count). The molecule has 1 unspecified atom stereocenters. The first-order valence-corrected chi connectivity index (χ1v) is 8.87. The maximum Gasteiger partial charge on any atom is 0.238 e. The Morgan fingerprint density at radius 2 is 1.86 bits per heavy atom. The first-order chi connectivity index (χ1) is 9.42. The van der Waals surface area contributed by atoms with Gasteiger partial charge in [0.15, 0.2) is 9.84 Å². The van der Waals surface area contributed by atoms with Gasteiger partial charge in [0.1, 0.15) is 5.25 Å². The maximum absolute atomic E-state index is 12.3. The quantitative estimate of drug-likeness (QED) is 0.905. The highest BCUT2D eigenvalue weighted by atomic mass is 35.5. The summed E-state index contributed by atoms with van der Waals surface area (Å²) >= 11 is 11.8. The number of amides is 1. The van der Waals surface area contributed by atoms with Gasteiger partial charge in [0, 0.05) is 15.6 Å². The molecule has 118 valence electrons. The highest BCUT2D eigenvalue weighted by molar-refractivity contribution is 7.92. The van der Waals surface area contributed by atoms with Gasteiger partial charge in [-0.25, -0.2) is 8.42 Å². The Balaban J connectivity index is 2.93. The fourth-order valence-corrected chi connectivity index (χ4v) is 3.49. The molecule has 0 fully saturated rings. The van der Waals surface area contributed by atoms with Crippen LogP contribution in [0.4, 0.5) is 0 Å². The molecular weight excluding hydrogens is 333 g/mol. The van der Waals surface area contributed by atoms with E-state index in [2.05, 4.69) is 5.32 Å². The van der Waals surface area contributed by atoms with Crippen LogP contribution in [0.5, 0.6) is 0 Å². The van der Waals surface area contributed by atoms with Crippen LogP contribution >= 0.6 is 23.2 Å². The summed E-state index contributed by atoms with van der Waals surface area (Å²) in [6.07, 6.45) is 0. The molecule has 1 atom stereocenters. The van der Waals surface area contributed by atoms with Crippen LogP contribution in [0.1, 0.15) is 33.3 Å². The molecule has 0 aliphatic heterocycles. The van der Waals surface area contributed by atoms with E-state index in [1.54, 1.807) is 32.9 Å². The fraction of sp³-hybridized carbons (Fsp3) is 0.500.